The Morgan fingerprint density at radius 3 is 2.17 bits per heavy atom. The molecule has 0 aromatic heterocycles. The third-order valence-corrected chi connectivity index (χ3v) is 4.64. The van der Waals surface area contributed by atoms with Crippen LogP contribution in [0.25, 0.3) is 0 Å². The fourth-order valence-electron chi connectivity index (χ4n) is 3.26. The van der Waals surface area contributed by atoms with Crippen LogP contribution in [-0.4, -0.2) is 30.6 Å². The highest BCUT2D eigenvalue weighted by molar-refractivity contribution is 5.95. The van der Waals surface area contributed by atoms with Crippen molar-refractivity contribution < 1.29 is 14.3 Å². The van der Waals surface area contributed by atoms with E-state index in [-0.39, 0.29) is 11.4 Å². The Kier molecular flexibility index (Phi) is 4.22. The molecule has 0 saturated heterocycles. The van der Waals surface area contributed by atoms with E-state index in [1.165, 1.54) is 11.1 Å². The lowest BCUT2D eigenvalue weighted by atomic mass is 9.85. The first-order valence-electron chi connectivity index (χ1n) is 8.06. The predicted molar refractivity (Wildman–Crippen MR) is 93.6 cm³/mol. The molecule has 0 N–H and O–H groups in total. The standard InChI is InChI=1S/C20H23NO3/c1-20(2)12-14-7-5-6-8-15(14)13-21(20)19(22)16-9-17(23-3)11-18(10-16)24-4/h5-11H,12-13H2,1-4H3. The Labute approximate surface area is 143 Å². The maximum atomic E-state index is 13.2. The van der Waals surface area contributed by atoms with E-state index in [4.69, 9.17) is 9.47 Å². The molecule has 0 bridgehead atoms. The SMILES string of the molecule is COc1cc(OC)cc(C(=O)N2Cc3ccccc3CC2(C)C)c1. The number of methoxy groups -OCH3 is 2. The normalized spacial score (nSPS) is 15.6. The number of amides is 1. The Balaban J connectivity index is 1.98. The summed E-state index contributed by atoms with van der Waals surface area (Å²) in [4.78, 5) is 15.1. The molecule has 2 aromatic carbocycles. The van der Waals surface area contributed by atoms with Crippen molar-refractivity contribution in [2.45, 2.75) is 32.4 Å². The smallest absolute Gasteiger partial charge is 0.254 e. The minimum absolute atomic E-state index is 0.00768. The van der Waals surface area contributed by atoms with Crippen molar-refractivity contribution in [3.63, 3.8) is 0 Å². The van der Waals surface area contributed by atoms with Crippen LogP contribution in [0.4, 0.5) is 0 Å². The van der Waals surface area contributed by atoms with Gasteiger partial charge >= 0.3 is 0 Å². The summed E-state index contributed by atoms with van der Waals surface area (Å²) in [7, 11) is 3.17. The molecule has 0 saturated carbocycles. The summed E-state index contributed by atoms with van der Waals surface area (Å²) >= 11 is 0. The van der Waals surface area contributed by atoms with Crippen molar-refractivity contribution in [3.05, 3.63) is 59.2 Å². The van der Waals surface area contributed by atoms with Crippen LogP contribution in [0.3, 0.4) is 0 Å². The number of hydrogen-bond donors (Lipinski definition) is 0. The molecule has 3 rings (SSSR count). The number of nitrogens with zero attached hydrogens (tertiary/aromatic N) is 1. The van der Waals surface area contributed by atoms with Gasteiger partial charge in [0.2, 0.25) is 0 Å². The summed E-state index contributed by atoms with van der Waals surface area (Å²) in [5.41, 5.74) is 2.86. The van der Waals surface area contributed by atoms with Gasteiger partial charge in [0.1, 0.15) is 11.5 Å². The van der Waals surface area contributed by atoms with Gasteiger partial charge in [-0.05, 0) is 43.5 Å². The summed E-state index contributed by atoms with van der Waals surface area (Å²) in [6.07, 6.45) is 0.843. The molecule has 0 fully saturated rings. The fraction of sp³-hybridized carbons (Fsp3) is 0.350. The van der Waals surface area contributed by atoms with Gasteiger partial charge in [0.05, 0.1) is 14.2 Å². The van der Waals surface area contributed by atoms with Gasteiger partial charge in [-0.3, -0.25) is 4.79 Å². The van der Waals surface area contributed by atoms with Crippen LogP contribution in [0, 0.1) is 0 Å². The van der Waals surface area contributed by atoms with E-state index >= 15 is 0 Å². The fourth-order valence-corrected chi connectivity index (χ4v) is 3.26. The van der Waals surface area contributed by atoms with Gasteiger partial charge in [0.15, 0.2) is 0 Å². The summed E-state index contributed by atoms with van der Waals surface area (Å²) in [5.74, 6) is 1.23. The number of carbonyl (C=O) groups is 1. The third kappa shape index (κ3) is 2.96. The topological polar surface area (TPSA) is 38.8 Å². The maximum Gasteiger partial charge on any atom is 0.254 e. The van der Waals surface area contributed by atoms with Crippen LogP contribution in [0.1, 0.15) is 35.3 Å². The van der Waals surface area contributed by atoms with E-state index in [9.17, 15) is 4.79 Å². The molecular weight excluding hydrogens is 302 g/mol. The molecule has 4 nitrogen and oxygen atoms in total. The summed E-state index contributed by atoms with van der Waals surface area (Å²) in [5, 5.41) is 0. The van der Waals surface area contributed by atoms with Gasteiger partial charge in [-0.15, -0.1) is 0 Å². The van der Waals surface area contributed by atoms with E-state index in [0.29, 0.717) is 23.6 Å². The summed E-state index contributed by atoms with van der Waals surface area (Å²) in [6.45, 7) is 4.83. The molecule has 2 aromatic rings. The monoisotopic (exact) mass is 325 g/mol. The van der Waals surface area contributed by atoms with Crippen molar-refractivity contribution >= 4 is 5.91 Å². The average Bonchev–Trinajstić information content (AvgIpc) is 2.59. The van der Waals surface area contributed by atoms with Crippen LogP contribution in [0.2, 0.25) is 0 Å². The second kappa shape index (κ2) is 6.19. The Morgan fingerprint density at radius 1 is 1.00 bits per heavy atom. The van der Waals surface area contributed by atoms with Crippen molar-refractivity contribution in [2.24, 2.45) is 0 Å². The van der Waals surface area contributed by atoms with Crippen molar-refractivity contribution in [1.29, 1.82) is 0 Å². The van der Waals surface area contributed by atoms with Crippen molar-refractivity contribution in [3.8, 4) is 11.5 Å². The van der Waals surface area contributed by atoms with Gasteiger partial charge in [0, 0.05) is 23.7 Å². The van der Waals surface area contributed by atoms with Crippen molar-refractivity contribution in [1.82, 2.24) is 4.90 Å². The minimum Gasteiger partial charge on any atom is -0.497 e. The van der Waals surface area contributed by atoms with Crippen LogP contribution >= 0.6 is 0 Å². The lowest BCUT2D eigenvalue weighted by Crippen LogP contribution is -2.51. The number of rotatable bonds is 3. The first-order valence-corrected chi connectivity index (χ1v) is 8.06. The summed E-state index contributed by atoms with van der Waals surface area (Å²) in [6, 6.07) is 13.6. The Bertz CT molecular complexity index is 745. The van der Waals surface area contributed by atoms with Crippen LogP contribution in [0.5, 0.6) is 11.5 Å². The molecule has 1 aliphatic rings. The van der Waals surface area contributed by atoms with Gasteiger partial charge in [-0.25, -0.2) is 0 Å². The third-order valence-electron chi connectivity index (χ3n) is 4.64. The highest BCUT2D eigenvalue weighted by Gasteiger charge is 2.36. The highest BCUT2D eigenvalue weighted by Crippen LogP contribution is 2.33. The number of carbonyl (C=O) groups excluding carboxylic acids is 1. The molecule has 1 amide bonds. The van der Waals surface area contributed by atoms with E-state index in [1.807, 2.05) is 11.0 Å². The molecule has 0 radical (unpaired) electrons. The second-order valence-electron chi connectivity index (χ2n) is 6.75. The molecule has 4 heteroatoms. The van der Waals surface area contributed by atoms with Crippen LogP contribution in [-0.2, 0) is 13.0 Å². The molecule has 24 heavy (non-hydrogen) atoms. The second-order valence-corrected chi connectivity index (χ2v) is 6.75. The first kappa shape index (κ1) is 16.4. The number of hydrogen-bond acceptors (Lipinski definition) is 3. The lowest BCUT2D eigenvalue weighted by Gasteiger charge is -2.43. The molecular formula is C20H23NO3. The number of ether oxygens (including phenoxy) is 2. The van der Waals surface area contributed by atoms with Gasteiger partial charge in [-0.2, -0.15) is 0 Å². The average molecular weight is 325 g/mol. The molecule has 1 heterocycles. The van der Waals surface area contributed by atoms with Crippen molar-refractivity contribution in [2.75, 3.05) is 14.2 Å². The molecule has 1 aliphatic heterocycles. The Morgan fingerprint density at radius 2 is 1.58 bits per heavy atom. The van der Waals surface area contributed by atoms with E-state index in [1.54, 1.807) is 32.4 Å². The lowest BCUT2D eigenvalue weighted by molar-refractivity contribution is 0.0488. The van der Waals surface area contributed by atoms with E-state index in [2.05, 4.69) is 32.0 Å². The van der Waals surface area contributed by atoms with Gasteiger partial charge < -0.3 is 14.4 Å². The van der Waals surface area contributed by atoms with Gasteiger partial charge in [0.25, 0.3) is 5.91 Å². The zero-order chi connectivity index (χ0) is 17.3. The zero-order valence-electron chi connectivity index (χ0n) is 14.6. The molecule has 0 atom stereocenters. The first-order chi connectivity index (χ1) is 11.4. The quantitative estimate of drug-likeness (QED) is 0.864. The number of fused-ring (bicyclic) bond motifs is 1. The van der Waals surface area contributed by atoms with Gasteiger partial charge in [-0.1, -0.05) is 24.3 Å². The largest absolute Gasteiger partial charge is 0.497 e. The van der Waals surface area contributed by atoms with E-state index in [0.717, 1.165) is 6.42 Å². The molecule has 126 valence electrons. The predicted octanol–water partition coefficient (Wildman–Crippen LogP) is 3.68. The van der Waals surface area contributed by atoms with Crippen LogP contribution < -0.4 is 9.47 Å². The highest BCUT2D eigenvalue weighted by atomic mass is 16.5. The summed E-state index contributed by atoms with van der Waals surface area (Å²) < 4.78 is 10.6. The Hall–Kier alpha value is -2.49. The zero-order valence-corrected chi connectivity index (χ0v) is 14.6. The maximum absolute atomic E-state index is 13.2. The number of benzene rings is 2. The van der Waals surface area contributed by atoms with E-state index < -0.39 is 0 Å². The molecule has 0 aliphatic carbocycles. The molecule has 0 spiro atoms. The minimum atomic E-state index is -0.248. The molecule has 0 unspecified atom stereocenters. The van der Waals surface area contributed by atoms with Crippen LogP contribution in [0.15, 0.2) is 42.5 Å².